The zero-order valence-electron chi connectivity index (χ0n) is 18.1. The summed E-state index contributed by atoms with van der Waals surface area (Å²) in [6, 6.07) is 5.19. The Labute approximate surface area is 191 Å². The number of piperazine rings is 1. The number of unbranched alkanes of at least 4 members (excludes halogenated alkanes) is 1. The number of phenolic OH excluding ortho intramolecular Hbond substituents is 1. The summed E-state index contributed by atoms with van der Waals surface area (Å²) in [5, 5.41) is 29.2. The number of fused-ring (bicyclic) bond motifs is 1. The maximum absolute atomic E-state index is 12.8. The number of thioether (sulfide) groups is 1. The van der Waals surface area contributed by atoms with Crippen molar-refractivity contribution in [3.05, 3.63) is 46.5 Å². The van der Waals surface area contributed by atoms with Gasteiger partial charge in [-0.3, -0.25) is 14.9 Å². The number of phenols is 1. The highest BCUT2D eigenvalue weighted by Crippen LogP contribution is 2.34. The van der Waals surface area contributed by atoms with E-state index in [1.165, 1.54) is 15.4 Å². The summed E-state index contributed by atoms with van der Waals surface area (Å²) in [7, 11) is 0. The summed E-state index contributed by atoms with van der Waals surface area (Å²) in [4.78, 5) is 18.5. The predicted molar refractivity (Wildman–Crippen MR) is 126 cm³/mol. The molecule has 9 nitrogen and oxygen atoms in total. The molecule has 1 fully saturated rings. The number of benzene rings is 1. The SMILES string of the molecule is O=c1n(NC2=CCSc3ccc(O)cc32)cc(O)n1CCCCN1CCN(CCO)CC1. The van der Waals surface area contributed by atoms with E-state index in [0.29, 0.717) is 6.54 Å². The first kappa shape index (κ1) is 22.8. The fourth-order valence-corrected chi connectivity index (χ4v) is 5.07. The molecule has 1 saturated heterocycles. The van der Waals surface area contributed by atoms with Gasteiger partial charge in [-0.1, -0.05) is 0 Å². The summed E-state index contributed by atoms with van der Waals surface area (Å²) in [5.74, 6) is 0.860. The van der Waals surface area contributed by atoms with Crippen LogP contribution in [-0.4, -0.2) is 86.0 Å². The van der Waals surface area contributed by atoms with Crippen LogP contribution in [0.1, 0.15) is 18.4 Å². The molecule has 10 heteroatoms. The van der Waals surface area contributed by atoms with Crippen LogP contribution in [0.2, 0.25) is 0 Å². The largest absolute Gasteiger partial charge is 0.508 e. The van der Waals surface area contributed by atoms with Gasteiger partial charge in [-0.25, -0.2) is 9.47 Å². The molecule has 4 rings (SSSR count). The number of aliphatic hydroxyl groups excluding tert-OH is 1. The van der Waals surface area contributed by atoms with Crippen molar-refractivity contribution >= 4 is 17.5 Å². The lowest BCUT2D eigenvalue weighted by Crippen LogP contribution is -2.47. The molecule has 0 atom stereocenters. The number of nitrogens with one attached hydrogen (secondary N) is 1. The zero-order valence-corrected chi connectivity index (χ0v) is 18.9. The van der Waals surface area contributed by atoms with Gasteiger partial charge in [0.05, 0.1) is 18.5 Å². The molecule has 2 aliphatic heterocycles. The van der Waals surface area contributed by atoms with E-state index in [1.807, 2.05) is 12.1 Å². The van der Waals surface area contributed by atoms with Gasteiger partial charge in [0.2, 0.25) is 5.88 Å². The average Bonchev–Trinajstić information content (AvgIpc) is 3.05. The standard InChI is InChI=1S/C22H31N5O4S/c28-13-12-25-10-8-24(9-11-25)6-1-2-7-26-21(30)16-27(22(26)31)23-19-5-14-32-20-4-3-17(29)15-18(19)20/h3-5,15-16,23,28-30H,1-2,6-14H2. The van der Waals surface area contributed by atoms with Gasteiger partial charge in [-0.2, -0.15) is 0 Å². The van der Waals surface area contributed by atoms with E-state index in [1.54, 1.807) is 23.9 Å². The van der Waals surface area contributed by atoms with Crippen molar-refractivity contribution in [3.8, 4) is 11.6 Å². The van der Waals surface area contributed by atoms with E-state index in [0.717, 1.165) is 74.0 Å². The monoisotopic (exact) mass is 461 g/mol. The van der Waals surface area contributed by atoms with Crippen LogP contribution in [0, 0.1) is 0 Å². The molecule has 0 spiro atoms. The van der Waals surface area contributed by atoms with Crippen LogP contribution in [0.3, 0.4) is 0 Å². The third kappa shape index (κ3) is 5.32. The number of imidazole rings is 1. The van der Waals surface area contributed by atoms with E-state index in [2.05, 4.69) is 15.2 Å². The quantitative estimate of drug-likeness (QED) is 0.412. The Hall–Kier alpha value is -2.40. The molecule has 1 aromatic heterocycles. The molecule has 4 N–H and O–H groups in total. The van der Waals surface area contributed by atoms with Crippen LogP contribution < -0.4 is 11.1 Å². The smallest absolute Gasteiger partial charge is 0.349 e. The maximum atomic E-state index is 12.8. The minimum absolute atomic E-state index is 0.0676. The summed E-state index contributed by atoms with van der Waals surface area (Å²) in [6.45, 7) is 6.31. The molecule has 3 heterocycles. The molecule has 0 unspecified atom stereocenters. The van der Waals surface area contributed by atoms with Gasteiger partial charge in [0.1, 0.15) is 5.75 Å². The summed E-state index contributed by atoms with van der Waals surface area (Å²) < 4.78 is 2.68. The lowest BCUT2D eigenvalue weighted by Gasteiger charge is -2.34. The van der Waals surface area contributed by atoms with E-state index in [-0.39, 0.29) is 23.9 Å². The lowest BCUT2D eigenvalue weighted by atomic mass is 10.1. The molecule has 0 bridgehead atoms. The highest BCUT2D eigenvalue weighted by Gasteiger charge is 2.18. The Bertz CT molecular complexity index is 1010. The van der Waals surface area contributed by atoms with E-state index < -0.39 is 0 Å². The van der Waals surface area contributed by atoms with Gasteiger partial charge in [-0.15, -0.1) is 11.8 Å². The maximum Gasteiger partial charge on any atom is 0.349 e. The van der Waals surface area contributed by atoms with Crippen molar-refractivity contribution in [2.75, 3.05) is 57.1 Å². The van der Waals surface area contributed by atoms with Gasteiger partial charge in [0.15, 0.2) is 0 Å². The van der Waals surface area contributed by atoms with Crippen LogP contribution in [-0.2, 0) is 6.54 Å². The number of hydrogen-bond acceptors (Lipinski definition) is 8. The third-order valence-electron chi connectivity index (χ3n) is 5.97. The fraction of sp³-hybridized carbons (Fsp3) is 0.500. The summed E-state index contributed by atoms with van der Waals surface area (Å²) in [6.07, 6.45) is 5.10. The fourth-order valence-electron chi connectivity index (χ4n) is 4.16. The van der Waals surface area contributed by atoms with Crippen LogP contribution in [0.4, 0.5) is 0 Å². The van der Waals surface area contributed by atoms with Gasteiger partial charge < -0.3 is 20.2 Å². The second-order valence-electron chi connectivity index (χ2n) is 8.13. The molecular formula is C22H31N5O4S. The Balaban J connectivity index is 1.31. The summed E-state index contributed by atoms with van der Waals surface area (Å²) in [5.41, 5.74) is 4.32. The van der Waals surface area contributed by atoms with Gasteiger partial charge in [0, 0.05) is 55.5 Å². The molecule has 2 aromatic rings. The molecular weight excluding hydrogens is 430 g/mol. The van der Waals surface area contributed by atoms with Crippen molar-refractivity contribution < 1.29 is 15.3 Å². The molecule has 2 aliphatic rings. The first-order valence-corrected chi connectivity index (χ1v) is 12.0. The molecule has 0 radical (unpaired) electrons. The number of nitrogens with zero attached hydrogens (tertiary/aromatic N) is 4. The van der Waals surface area contributed by atoms with Crippen molar-refractivity contribution in [2.45, 2.75) is 24.3 Å². The molecule has 174 valence electrons. The molecule has 32 heavy (non-hydrogen) atoms. The lowest BCUT2D eigenvalue weighted by molar-refractivity contribution is 0.111. The Morgan fingerprint density at radius 3 is 2.47 bits per heavy atom. The van der Waals surface area contributed by atoms with Crippen LogP contribution in [0.15, 0.2) is 40.2 Å². The molecule has 1 aromatic carbocycles. The topological polar surface area (TPSA) is 106 Å². The summed E-state index contributed by atoms with van der Waals surface area (Å²) >= 11 is 1.66. The van der Waals surface area contributed by atoms with Gasteiger partial charge >= 0.3 is 5.69 Å². The van der Waals surface area contributed by atoms with E-state index in [4.69, 9.17) is 5.11 Å². The average molecular weight is 462 g/mol. The second-order valence-corrected chi connectivity index (χ2v) is 9.19. The van der Waals surface area contributed by atoms with Gasteiger partial charge in [0.25, 0.3) is 0 Å². The Morgan fingerprint density at radius 1 is 1.00 bits per heavy atom. The van der Waals surface area contributed by atoms with Crippen LogP contribution in [0.25, 0.3) is 5.70 Å². The van der Waals surface area contributed by atoms with Crippen LogP contribution >= 0.6 is 11.8 Å². The highest BCUT2D eigenvalue weighted by molar-refractivity contribution is 7.99. The Kier molecular flexibility index (Phi) is 7.46. The van der Waals surface area contributed by atoms with E-state index >= 15 is 0 Å². The number of aromatic nitrogens is 2. The van der Waals surface area contributed by atoms with E-state index in [9.17, 15) is 15.0 Å². The number of aromatic hydroxyl groups is 2. The normalized spacial score (nSPS) is 17.2. The van der Waals surface area contributed by atoms with Gasteiger partial charge in [-0.05, 0) is 43.7 Å². The van der Waals surface area contributed by atoms with Crippen LogP contribution in [0.5, 0.6) is 11.6 Å². The first-order chi connectivity index (χ1) is 15.5. The number of aliphatic hydroxyl groups is 1. The highest BCUT2D eigenvalue weighted by atomic mass is 32.2. The van der Waals surface area contributed by atoms with Crippen molar-refractivity contribution in [1.29, 1.82) is 0 Å². The zero-order chi connectivity index (χ0) is 22.5. The molecule has 0 saturated carbocycles. The second kappa shape index (κ2) is 10.5. The Morgan fingerprint density at radius 2 is 1.72 bits per heavy atom. The van der Waals surface area contributed by atoms with Crippen molar-refractivity contribution in [3.63, 3.8) is 0 Å². The number of rotatable bonds is 9. The predicted octanol–water partition coefficient (Wildman–Crippen LogP) is 1.14. The molecule has 0 aliphatic carbocycles. The first-order valence-electron chi connectivity index (χ1n) is 11.1. The number of hydrogen-bond donors (Lipinski definition) is 4. The molecule has 0 amide bonds. The minimum Gasteiger partial charge on any atom is -0.508 e. The minimum atomic E-state index is -0.319. The van der Waals surface area contributed by atoms with Crippen molar-refractivity contribution in [2.24, 2.45) is 0 Å². The number of β-amino-alcohol motifs (C(OH)–C–C–N with tert-alkyl or cyclic N) is 1. The van der Waals surface area contributed by atoms with Crippen molar-refractivity contribution in [1.82, 2.24) is 19.0 Å². The third-order valence-corrected chi connectivity index (χ3v) is 6.97.